The van der Waals surface area contributed by atoms with Crippen LogP contribution in [0.3, 0.4) is 0 Å². The van der Waals surface area contributed by atoms with Crippen molar-refractivity contribution in [2.75, 3.05) is 0 Å². The predicted octanol–water partition coefficient (Wildman–Crippen LogP) is 0.346. The van der Waals surface area contributed by atoms with Gasteiger partial charge in [-0.25, -0.2) is 8.42 Å². The molecule has 0 heterocycles. The Balaban J connectivity index is 1.98. The largest absolute Gasteiger partial charge is 0.345 e. The second-order valence-electron chi connectivity index (χ2n) is 4.72. The minimum absolute atomic E-state index is 0.00824. The molecular formula is C12H14BrN3O4S. The quantitative estimate of drug-likeness (QED) is 0.521. The molecule has 2 amide bonds. The molecule has 9 heteroatoms. The normalized spacial score (nSPS) is 14.6. The van der Waals surface area contributed by atoms with Crippen LogP contribution in [0, 0.1) is 6.92 Å². The number of carbonyl (C=O) groups is 2. The van der Waals surface area contributed by atoms with Crippen molar-refractivity contribution in [1.82, 2.24) is 15.6 Å². The minimum atomic E-state index is -3.92. The fourth-order valence-electron chi connectivity index (χ4n) is 1.49. The van der Waals surface area contributed by atoms with Crippen molar-refractivity contribution in [3.63, 3.8) is 0 Å². The van der Waals surface area contributed by atoms with Crippen LogP contribution in [0.4, 0.5) is 0 Å². The summed E-state index contributed by atoms with van der Waals surface area (Å²) in [5.74, 6) is -1.90. The third-order valence-corrected chi connectivity index (χ3v) is 4.99. The van der Waals surface area contributed by atoms with E-state index in [1.807, 2.05) is 10.3 Å². The Labute approximate surface area is 130 Å². The summed E-state index contributed by atoms with van der Waals surface area (Å²) in [7, 11) is -3.92. The lowest BCUT2D eigenvalue weighted by Crippen LogP contribution is -2.48. The van der Waals surface area contributed by atoms with Crippen molar-refractivity contribution >= 4 is 37.8 Å². The Hall–Kier alpha value is -1.45. The van der Waals surface area contributed by atoms with E-state index in [4.69, 9.17) is 0 Å². The van der Waals surface area contributed by atoms with E-state index in [2.05, 4.69) is 21.2 Å². The molecule has 0 aromatic heterocycles. The van der Waals surface area contributed by atoms with Crippen molar-refractivity contribution in [3.8, 4) is 0 Å². The molecule has 3 N–H and O–H groups in total. The van der Waals surface area contributed by atoms with Crippen LogP contribution in [0.1, 0.15) is 18.4 Å². The van der Waals surface area contributed by atoms with Gasteiger partial charge in [-0.15, -0.1) is 4.83 Å². The van der Waals surface area contributed by atoms with E-state index in [9.17, 15) is 18.0 Å². The predicted molar refractivity (Wildman–Crippen MR) is 78.5 cm³/mol. The van der Waals surface area contributed by atoms with Crippen LogP contribution in [0.15, 0.2) is 27.6 Å². The second kappa shape index (κ2) is 6.12. The molecule has 21 heavy (non-hydrogen) atoms. The molecule has 1 aliphatic rings. The van der Waals surface area contributed by atoms with Gasteiger partial charge in [0.05, 0.1) is 4.90 Å². The topological polar surface area (TPSA) is 104 Å². The van der Waals surface area contributed by atoms with Gasteiger partial charge in [0.25, 0.3) is 10.0 Å². The van der Waals surface area contributed by atoms with Gasteiger partial charge in [-0.2, -0.15) is 0 Å². The first-order valence-electron chi connectivity index (χ1n) is 6.18. The van der Waals surface area contributed by atoms with Crippen LogP contribution in [0.2, 0.25) is 0 Å². The summed E-state index contributed by atoms with van der Waals surface area (Å²) in [5, 5.41) is 2.45. The monoisotopic (exact) mass is 375 g/mol. The van der Waals surface area contributed by atoms with Crippen LogP contribution < -0.4 is 15.6 Å². The van der Waals surface area contributed by atoms with Crippen LogP contribution in [0.5, 0.6) is 0 Å². The van der Waals surface area contributed by atoms with Crippen molar-refractivity contribution in [2.24, 2.45) is 0 Å². The summed E-state index contributed by atoms with van der Waals surface area (Å²) in [6, 6.07) is 4.44. The molecule has 0 aliphatic heterocycles. The van der Waals surface area contributed by atoms with Crippen molar-refractivity contribution in [3.05, 3.63) is 28.2 Å². The summed E-state index contributed by atoms with van der Waals surface area (Å²) in [4.78, 5) is 24.7. The van der Waals surface area contributed by atoms with Gasteiger partial charge in [-0.05, 0) is 43.5 Å². The highest BCUT2D eigenvalue weighted by molar-refractivity contribution is 9.10. The SMILES string of the molecule is Cc1cc(S(=O)(=O)NNC(=O)C(=O)NC2CC2)ccc1Br. The van der Waals surface area contributed by atoms with E-state index < -0.39 is 21.8 Å². The zero-order chi connectivity index (χ0) is 15.6. The molecule has 1 fully saturated rings. The van der Waals surface area contributed by atoms with E-state index in [0.717, 1.165) is 22.9 Å². The Bertz CT molecular complexity index is 686. The number of hydrogen-bond donors (Lipinski definition) is 3. The Kier molecular flexibility index (Phi) is 4.64. The number of hydrazine groups is 1. The summed E-state index contributed by atoms with van der Waals surface area (Å²) in [5.41, 5.74) is 2.62. The van der Waals surface area contributed by atoms with Crippen molar-refractivity contribution in [2.45, 2.75) is 30.7 Å². The Morgan fingerprint density at radius 1 is 1.24 bits per heavy atom. The first-order chi connectivity index (χ1) is 9.79. The first-order valence-corrected chi connectivity index (χ1v) is 8.46. The molecule has 0 unspecified atom stereocenters. The number of benzene rings is 1. The fraction of sp³-hybridized carbons (Fsp3) is 0.333. The van der Waals surface area contributed by atoms with Gasteiger partial charge in [0.1, 0.15) is 0 Å². The smallest absolute Gasteiger partial charge is 0.324 e. The molecule has 0 spiro atoms. The van der Waals surface area contributed by atoms with Crippen LogP contribution in [0.25, 0.3) is 0 Å². The van der Waals surface area contributed by atoms with E-state index in [1.54, 1.807) is 13.0 Å². The molecule has 1 aromatic carbocycles. The van der Waals surface area contributed by atoms with Crippen LogP contribution in [-0.4, -0.2) is 26.3 Å². The summed E-state index contributed by atoms with van der Waals surface area (Å²) >= 11 is 3.27. The number of carbonyl (C=O) groups excluding carboxylic acids is 2. The highest BCUT2D eigenvalue weighted by Gasteiger charge is 2.27. The molecule has 1 aromatic rings. The van der Waals surface area contributed by atoms with Gasteiger partial charge < -0.3 is 5.32 Å². The second-order valence-corrected chi connectivity index (χ2v) is 7.26. The van der Waals surface area contributed by atoms with E-state index >= 15 is 0 Å². The number of hydrogen-bond acceptors (Lipinski definition) is 4. The van der Waals surface area contributed by atoms with Gasteiger partial charge in [-0.1, -0.05) is 15.9 Å². The van der Waals surface area contributed by atoms with Crippen molar-refractivity contribution in [1.29, 1.82) is 0 Å². The summed E-state index contributed by atoms with van der Waals surface area (Å²) in [6.45, 7) is 1.74. The average molecular weight is 376 g/mol. The maximum Gasteiger partial charge on any atom is 0.324 e. The molecule has 0 bridgehead atoms. The number of sulfonamides is 1. The standard InChI is InChI=1S/C12H14BrN3O4S/c1-7-6-9(4-5-10(7)13)21(19,20)16-15-12(18)11(17)14-8-2-3-8/h4-6,8,16H,2-3H2,1H3,(H,14,17)(H,15,18). The zero-order valence-corrected chi connectivity index (χ0v) is 13.5. The highest BCUT2D eigenvalue weighted by atomic mass is 79.9. The lowest BCUT2D eigenvalue weighted by Gasteiger charge is -2.09. The van der Waals surface area contributed by atoms with Gasteiger partial charge in [0.15, 0.2) is 0 Å². The van der Waals surface area contributed by atoms with Crippen LogP contribution >= 0.6 is 15.9 Å². The third-order valence-electron chi connectivity index (χ3n) is 2.86. The number of nitrogens with one attached hydrogen (secondary N) is 3. The fourth-order valence-corrected chi connectivity index (χ4v) is 2.66. The van der Waals surface area contributed by atoms with Gasteiger partial charge in [0, 0.05) is 10.5 Å². The Morgan fingerprint density at radius 2 is 1.90 bits per heavy atom. The summed E-state index contributed by atoms with van der Waals surface area (Å²) < 4.78 is 24.7. The zero-order valence-electron chi connectivity index (χ0n) is 11.1. The van der Waals surface area contributed by atoms with E-state index in [1.165, 1.54) is 12.1 Å². The molecule has 2 rings (SSSR count). The number of amides is 2. The molecule has 1 aliphatic carbocycles. The maximum absolute atomic E-state index is 12.0. The van der Waals surface area contributed by atoms with E-state index in [0.29, 0.717) is 0 Å². The Morgan fingerprint density at radius 3 is 2.48 bits per heavy atom. The van der Waals surface area contributed by atoms with Crippen molar-refractivity contribution < 1.29 is 18.0 Å². The highest BCUT2D eigenvalue weighted by Crippen LogP contribution is 2.20. The van der Waals surface area contributed by atoms with Crippen LogP contribution in [-0.2, 0) is 19.6 Å². The molecular weight excluding hydrogens is 362 g/mol. The van der Waals surface area contributed by atoms with Gasteiger partial charge >= 0.3 is 11.8 Å². The average Bonchev–Trinajstić information content (AvgIpc) is 3.23. The molecule has 0 atom stereocenters. The van der Waals surface area contributed by atoms with Gasteiger partial charge in [0.2, 0.25) is 0 Å². The van der Waals surface area contributed by atoms with Gasteiger partial charge in [-0.3, -0.25) is 15.0 Å². The molecule has 114 valence electrons. The molecule has 7 nitrogen and oxygen atoms in total. The van der Waals surface area contributed by atoms with E-state index in [-0.39, 0.29) is 10.9 Å². The number of halogens is 1. The third kappa shape index (κ3) is 4.26. The minimum Gasteiger partial charge on any atom is -0.345 e. The lowest BCUT2D eigenvalue weighted by molar-refractivity contribution is -0.139. The maximum atomic E-state index is 12.0. The molecule has 0 saturated heterocycles. The lowest BCUT2D eigenvalue weighted by atomic mass is 10.2. The molecule has 0 radical (unpaired) electrons. The summed E-state index contributed by atoms with van der Waals surface area (Å²) in [6.07, 6.45) is 1.67. The number of rotatable bonds is 4. The number of aryl methyl sites for hydroxylation is 1. The molecule has 1 saturated carbocycles. The first kappa shape index (κ1) is 15.9.